The van der Waals surface area contributed by atoms with E-state index in [1.165, 1.54) is 13.0 Å². The van der Waals surface area contributed by atoms with Crippen molar-refractivity contribution in [1.82, 2.24) is 0 Å². The summed E-state index contributed by atoms with van der Waals surface area (Å²) in [6, 6.07) is 3.35. The number of anilines is 2. The number of rotatable bonds is 3. The molecule has 1 N–H and O–H groups in total. The number of hydrogen-bond donors (Lipinski definition) is 1. The topological polar surface area (TPSA) is 84.7 Å². The number of carbonyl (C=O) groups excluding carboxylic acids is 1. The highest BCUT2D eigenvalue weighted by Crippen LogP contribution is 2.33. The molecular formula is C13H17N3O4. The maximum atomic E-state index is 11.2. The summed E-state index contributed by atoms with van der Waals surface area (Å²) in [6.07, 6.45) is 0. The van der Waals surface area contributed by atoms with Crippen LogP contribution in [0, 0.1) is 17.0 Å². The molecule has 7 heteroatoms. The van der Waals surface area contributed by atoms with Crippen LogP contribution < -0.4 is 10.2 Å². The van der Waals surface area contributed by atoms with Gasteiger partial charge in [-0.2, -0.15) is 0 Å². The second-order valence-electron chi connectivity index (χ2n) is 4.69. The van der Waals surface area contributed by atoms with E-state index in [1.54, 1.807) is 6.92 Å². The minimum Gasteiger partial charge on any atom is -0.378 e. The average molecular weight is 279 g/mol. The van der Waals surface area contributed by atoms with Crippen LogP contribution >= 0.6 is 0 Å². The third-order valence-corrected chi connectivity index (χ3v) is 3.17. The average Bonchev–Trinajstić information content (AvgIpc) is 2.41. The fourth-order valence-corrected chi connectivity index (χ4v) is 2.24. The van der Waals surface area contributed by atoms with Gasteiger partial charge in [0.1, 0.15) is 5.69 Å². The van der Waals surface area contributed by atoms with Gasteiger partial charge in [0.05, 0.1) is 18.1 Å². The molecule has 0 atom stereocenters. The van der Waals surface area contributed by atoms with Crippen LogP contribution in [0.5, 0.6) is 0 Å². The number of nitro benzene ring substituents is 1. The summed E-state index contributed by atoms with van der Waals surface area (Å²) < 4.78 is 5.27. The lowest BCUT2D eigenvalue weighted by molar-refractivity contribution is -0.383. The summed E-state index contributed by atoms with van der Waals surface area (Å²) >= 11 is 0. The lowest BCUT2D eigenvalue weighted by Crippen LogP contribution is -2.36. The van der Waals surface area contributed by atoms with Gasteiger partial charge in [0.15, 0.2) is 0 Å². The van der Waals surface area contributed by atoms with Crippen molar-refractivity contribution in [3.63, 3.8) is 0 Å². The zero-order valence-electron chi connectivity index (χ0n) is 11.5. The summed E-state index contributed by atoms with van der Waals surface area (Å²) in [7, 11) is 0. The predicted molar refractivity (Wildman–Crippen MR) is 75.2 cm³/mol. The van der Waals surface area contributed by atoms with Gasteiger partial charge in [-0.25, -0.2) is 0 Å². The van der Waals surface area contributed by atoms with Crippen LogP contribution in [0.1, 0.15) is 12.5 Å². The Balaban J connectivity index is 2.41. The Morgan fingerprint density at radius 1 is 1.40 bits per heavy atom. The Morgan fingerprint density at radius 3 is 2.60 bits per heavy atom. The van der Waals surface area contributed by atoms with Gasteiger partial charge in [0.2, 0.25) is 5.91 Å². The number of amides is 1. The van der Waals surface area contributed by atoms with E-state index in [4.69, 9.17) is 4.74 Å². The van der Waals surface area contributed by atoms with E-state index in [2.05, 4.69) is 5.32 Å². The van der Waals surface area contributed by atoms with Gasteiger partial charge < -0.3 is 15.0 Å². The van der Waals surface area contributed by atoms with Gasteiger partial charge >= 0.3 is 0 Å². The molecule has 1 aromatic rings. The van der Waals surface area contributed by atoms with Crippen molar-refractivity contribution in [2.24, 2.45) is 0 Å². The van der Waals surface area contributed by atoms with Gasteiger partial charge in [-0.1, -0.05) is 0 Å². The lowest BCUT2D eigenvalue weighted by atomic mass is 10.1. The van der Waals surface area contributed by atoms with Gasteiger partial charge in [-0.3, -0.25) is 14.9 Å². The molecule has 2 rings (SSSR count). The fourth-order valence-electron chi connectivity index (χ4n) is 2.24. The second-order valence-corrected chi connectivity index (χ2v) is 4.69. The minimum absolute atomic E-state index is 0.0818. The molecule has 0 spiro atoms. The molecule has 0 saturated carbocycles. The first-order chi connectivity index (χ1) is 9.49. The van der Waals surface area contributed by atoms with E-state index in [0.717, 1.165) is 5.69 Å². The number of nitro groups is 1. The first-order valence-electron chi connectivity index (χ1n) is 6.38. The molecule has 1 aliphatic heterocycles. The van der Waals surface area contributed by atoms with Crippen LogP contribution in [0.4, 0.5) is 17.1 Å². The molecule has 7 nitrogen and oxygen atoms in total. The molecule has 1 amide bonds. The molecule has 0 aliphatic carbocycles. The summed E-state index contributed by atoms with van der Waals surface area (Å²) in [5, 5.41) is 13.7. The molecule has 0 bridgehead atoms. The Bertz CT molecular complexity index is 539. The predicted octanol–water partition coefficient (Wildman–Crippen LogP) is 1.70. The van der Waals surface area contributed by atoms with E-state index in [9.17, 15) is 14.9 Å². The molecule has 20 heavy (non-hydrogen) atoms. The van der Waals surface area contributed by atoms with E-state index < -0.39 is 4.92 Å². The standard InChI is InChI=1S/C13H17N3O4/c1-9-7-11(15-3-5-20-6-4-15)8-12(16(18)19)13(9)14-10(2)17/h7-8H,3-6H2,1-2H3,(H,14,17). The molecule has 1 saturated heterocycles. The smallest absolute Gasteiger partial charge is 0.295 e. The number of morpholine rings is 1. The maximum Gasteiger partial charge on any atom is 0.295 e. The van der Waals surface area contributed by atoms with Gasteiger partial charge in [-0.05, 0) is 18.6 Å². The number of nitrogens with one attached hydrogen (secondary N) is 1. The van der Waals surface area contributed by atoms with Gasteiger partial charge in [0.25, 0.3) is 5.69 Å². The van der Waals surface area contributed by atoms with E-state index in [0.29, 0.717) is 31.9 Å². The summed E-state index contributed by atoms with van der Waals surface area (Å²) in [6.45, 7) is 5.72. The fraction of sp³-hybridized carbons (Fsp3) is 0.462. The van der Waals surface area contributed by atoms with Crippen LogP contribution in [0.15, 0.2) is 12.1 Å². The van der Waals surface area contributed by atoms with Crippen LogP contribution in [-0.4, -0.2) is 37.1 Å². The molecule has 1 aliphatic rings. The highest BCUT2D eigenvalue weighted by molar-refractivity contribution is 5.93. The Kier molecular flexibility index (Phi) is 4.19. The quantitative estimate of drug-likeness (QED) is 0.672. The van der Waals surface area contributed by atoms with Crippen LogP contribution in [-0.2, 0) is 9.53 Å². The number of ether oxygens (including phenoxy) is 1. The van der Waals surface area contributed by atoms with E-state index in [-0.39, 0.29) is 17.3 Å². The molecule has 0 radical (unpaired) electrons. The number of carbonyl (C=O) groups is 1. The van der Waals surface area contributed by atoms with Crippen molar-refractivity contribution in [3.8, 4) is 0 Å². The van der Waals surface area contributed by atoms with Crippen molar-refractivity contribution in [2.45, 2.75) is 13.8 Å². The largest absolute Gasteiger partial charge is 0.378 e. The molecule has 1 heterocycles. The number of nitrogens with zero attached hydrogens (tertiary/aromatic N) is 2. The first-order valence-corrected chi connectivity index (χ1v) is 6.38. The SMILES string of the molecule is CC(=O)Nc1c(C)cc(N2CCOCC2)cc1[N+](=O)[O-]. The third kappa shape index (κ3) is 3.05. The summed E-state index contributed by atoms with van der Waals surface area (Å²) in [4.78, 5) is 23.9. The zero-order chi connectivity index (χ0) is 14.7. The van der Waals surface area contributed by atoms with Gasteiger partial charge in [0, 0.05) is 31.8 Å². The molecule has 0 aromatic heterocycles. The Labute approximate surface area is 116 Å². The van der Waals surface area contributed by atoms with Crippen LogP contribution in [0.25, 0.3) is 0 Å². The first kappa shape index (κ1) is 14.3. The molecule has 0 unspecified atom stereocenters. The van der Waals surface area contributed by atoms with Crippen molar-refractivity contribution in [1.29, 1.82) is 0 Å². The zero-order valence-corrected chi connectivity index (χ0v) is 11.5. The highest BCUT2D eigenvalue weighted by atomic mass is 16.6. The number of benzene rings is 1. The van der Waals surface area contributed by atoms with Gasteiger partial charge in [-0.15, -0.1) is 0 Å². The summed E-state index contributed by atoms with van der Waals surface area (Å²) in [5.41, 5.74) is 1.64. The molecular weight excluding hydrogens is 262 g/mol. The maximum absolute atomic E-state index is 11.2. The molecule has 1 fully saturated rings. The Morgan fingerprint density at radius 2 is 2.05 bits per heavy atom. The Hall–Kier alpha value is -2.15. The third-order valence-electron chi connectivity index (χ3n) is 3.17. The van der Waals surface area contributed by atoms with Crippen LogP contribution in [0.2, 0.25) is 0 Å². The molecule has 1 aromatic carbocycles. The van der Waals surface area contributed by atoms with Crippen LogP contribution in [0.3, 0.4) is 0 Å². The van der Waals surface area contributed by atoms with E-state index in [1.807, 2.05) is 11.0 Å². The van der Waals surface area contributed by atoms with Crippen molar-refractivity contribution >= 4 is 23.0 Å². The van der Waals surface area contributed by atoms with Crippen molar-refractivity contribution in [2.75, 3.05) is 36.5 Å². The number of hydrogen-bond acceptors (Lipinski definition) is 5. The lowest BCUT2D eigenvalue weighted by Gasteiger charge is -2.29. The summed E-state index contributed by atoms with van der Waals surface area (Å²) in [5.74, 6) is -0.324. The van der Waals surface area contributed by atoms with E-state index >= 15 is 0 Å². The van der Waals surface area contributed by atoms with Crippen molar-refractivity contribution < 1.29 is 14.5 Å². The normalized spacial score (nSPS) is 15.0. The second kappa shape index (κ2) is 5.87. The highest BCUT2D eigenvalue weighted by Gasteiger charge is 2.21. The molecule has 108 valence electrons. The number of aryl methyl sites for hydroxylation is 1. The minimum atomic E-state index is -0.470. The monoisotopic (exact) mass is 279 g/mol. The van der Waals surface area contributed by atoms with Crippen molar-refractivity contribution in [3.05, 3.63) is 27.8 Å².